The van der Waals surface area contributed by atoms with Crippen molar-refractivity contribution in [2.45, 2.75) is 26.0 Å². The molecule has 3 rings (SSSR count). The Balaban J connectivity index is 1.92. The second-order valence-corrected chi connectivity index (χ2v) is 5.24. The van der Waals surface area contributed by atoms with Crippen LogP contribution in [0.5, 0.6) is 0 Å². The van der Waals surface area contributed by atoms with E-state index in [-0.39, 0.29) is 23.7 Å². The predicted molar refractivity (Wildman–Crippen MR) is 78.1 cm³/mol. The van der Waals surface area contributed by atoms with Crippen molar-refractivity contribution in [1.82, 2.24) is 14.5 Å². The van der Waals surface area contributed by atoms with E-state index >= 15 is 0 Å². The molecule has 0 radical (unpaired) electrons. The van der Waals surface area contributed by atoms with Crippen LogP contribution in [0, 0.1) is 18.3 Å². The van der Waals surface area contributed by atoms with Gasteiger partial charge in [0.05, 0.1) is 6.61 Å². The van der Waals surface area contributed by atoms with Gasteiger partial charge in [-0.2, -0.15) is 14.0 Å². The van der Waals surface area contributed by atoms with E-state index in [1.165, 1.54) is 25.3 Å². The van der Waals surface area contributed by atoms with Gasteiger partial charge in [0.15, 0.2) is 11.5 Å². The molecule has 0 saturated carbocycles. The molecule has 7 nitrogen and oxygen atoms in total. The Kier molecular flexibility index (Phi) is 3.99. The van der Waals surface area contributed by atoms with Crippen LogP contribution in [0.2, 0.25) is 0 Å². The molecule has 0 bridgehead atoms. The number of aryl methyl sites for hydroxylation is 1. The van der Waals surface area contributed by atoms with Gasteiger partial charge in [0.1, 0.15) is 24.2 Å². The van der Waals surface area contributed by atoms with Crippen LogP contribution < -0.4 is 5.32 Å². The van der Waals surface area contributed by atoms with Gasteiger partial charge in [0.2, 0.25) is 0 Å². The summed E-state index contributed by atoms with van der Waals surface area (Å²) < 4.78 is 35.5. The van der Waals surface area contributed by atoms with Crippen molar-refractivity contribution in [2.75, 3.05) is 11.9 Å². The molecule has 9 heteroatoms. The quantitative estimate of drug-likeness (QED) is 0.923. The van der Waals surface area contributed by atoms with Crippen molar-refractivity contribution in [3.8, 4) is 6.07 Å². The molecule has 2 aromatic heterocycles. The first-order chi connectivity index (χ1) is 11.4. The smallest absolute Gasteiger partial charge is 0.366 e. The Labute approximate surface area is 135 Å². The summed E-state index contributed by atoms with van der Waals surface area (Å²) in [6, 6.07) is 4.83. The molecule has 3 heterocycles. The molecule has 0 aromatic carbocycles. The van der Waals surface area contributed by atoms with Gasteiger partial charge in [-0.1, -0.05) is 6.07 Å². The number of aromatic nitrogens is 3. The van der Waals surface area contributed by atoms with Gasteiger partial charge in [-0.25, -0.2) is 4.98 Å². The third-order valence-corrected chi connectivity index (χ3v) is 3.67. The first kappa shape index (κ1) is 16.0. The topological polar surface area (TPSA) is 92.8 Å². The number of hydrogen-bond donors (Lipinski definition) is 1. The highest BCUT2D eigenvalue weighted by Gasteiger charge is 2.44. The van der Waals surface area contributed by atoms with Gasteiger partial charge >= 0.3 is 11.8 Å². The van der Waals surface area contributed by atoms with E-state index in [1.807, 2.05) is 11.4 Å². The number of halogens is 2. The molecule has 1 aliphatic rings. The summed E-state index contributed by atoms with van der Waals surface area (Å²) >= 11 is 0. The van der Waals surface area contributed by atoms with E-state index in [2.05, 4.69) is 9.97 Å². The van der Waals surface area contributed by atoms with Crippen molar-refractivity contribution in [3.05, 3.63) is 41.1 Å². The van der Waals surface area contributed by atoms with Crippen molar-refractivity contribution in [1.29, 1.82) is 5.26 Å². The highest BCUT2D eigenvalue weighted by atomic mass is 19.3. The second kappa shape index (κ2) is 5.98. The minimum absolute atomic E-state index is 0.0233. The number of hydrogen-bond acceptors (Lipinski definition) is 5. The molecule has 2 aromatic rings. The summed E-state index contributed by atoms with van der Waals surface area (Å²) in [7, 11) is 0. The third kappa shape index (κ3) is 2.61. The number of fused-ring (bicyclic) bond motifs is 1. The number of alkyl halides is 2. The molecule has 1 N–H and O–H groups in total. The number of nitrogens with one attached hydrogen (secondary N) is 1. The van der Waals surface area contributed by atoms with Crippen LogP contribution in [0.25, 0.3) is 0 Å². The molecule has 0 unspecified atom stereocenters. The SMILES string of the molecule is Cc1cccnc1C(F)(F)C(=O)Nc1nc2n(c1C#N)CCOC2. The fourth-order valence-corrected chi connectivity index (χ4v) is 2.48. The number of pyridine rings is 1. The minimum Gasteiger partial charge on any atom is -0.372 e. The normalized spacial score (nSPS) is 13.9. The molecule has 0 spiro atoms. The Hall–Kier alpha value is -2.86. The molecule has 24 heavy (non-hydrogen) atoms. The number of imidazole rings is 1. The first-order valence-electron chi connectivity index (χ1n) is 7.13. The van der Waals surface area contributed by atoms with Crippen LogP contribution in [0.1, 0.15) is 22.8 Å². The number of amides is 1. The van der Waals surface area contributed by atoms with E-state index in [0.29, 0.717) is 19.0 Å². The van der Waals surface area contributed by atoms with Crippen molar-refractivity contribution >= 4 is 11.7 Å². The molecular weight excluding hydrogens is 320 g/mol. The number of nitrogens with zero attached hydrogens (tertiary/aromatic N) is 4. The monoisotopic (exact) mass is 333 g/mol. The van der Waals surface area contributed by atoms with Crippen LogP contribution in [0.4, 0.5) is 14.6 Å². The number of ether oxygens (including phenoxy) is 1. The molecule has 0 saturated heterocycles. The van der Waals surface area contributed by atoms with Crippen molar-refractivity contribution < 1.29 is 18.3 Å². The Bertz CT molecular complexity index is 841. The fraction of sp³-hybridized carbons (Fsp3) is 0.333. The Morgan fingerprint density at radius 1 is 1.54 bits per heavy atom. The van der Waals surface area contributed by atoms with Crippen LogP contribution >= 0.6 is 0 Å². The lowest BCUT2D eigenvalue weighted by atomic mass is 10.1. The van der Waals surface area contributed by atoms with Gasteiger partial charge in [0, 0.05) is 12.7 Å². The van der Waals surface area contributed by atoms with E-state index in [9.17, 15) is 18.8 Å². The van der Waals surface area contributed by atoms with Gasteiger partial charge in [-0.05, 0) is 18.6 Å². The standard InChI is InChI=1S/C15H13F2N5O2/c1-9-3-2-4-19-12(9)15(16,17)14(23)21-13-10(7-18)22-5-6-24-8-11(22)20-13/h2-4H,5-6,8H2,1H3,(H,21,23). The Morgan fingerprint density at radius 3 is 3.04 bits per heavy atom. The maximum Gasteiger partial charge on any atom is 0.366 e. The Morgan fingerprint density at radius 2 is 2.33 bits per heavy atom. The number of carbonyl (C=O) groups is 1. The zero-order valence-corrected chi connectivity index (χ0v) is 12.7. The van der Waals surface area contributed by atoms with Crippen LogP contribution in [0.15, 0.2) is 18.3 Å². The molecule has 1 aliphatic heterocycles. The summed E-state index contributed by atoms with van der Waals surface area (Å²) in [5, 5.41) is 11.3. The fourth-order valence-electron chi connectivity index (χ4n) is 2.48. The third-order valence-electron chi connectivity index (χ3n) is 3.67. The zero-order chi connectivity index (χ0) is 17.3. The van der Waals surface area contributed by atoms with Crippen LogP contribution in [0.3, 0.4) is 0 Å². The van der Waals surface area contributed by atoms with E-state index < -0.39 is 17.5 Å². The van der Waals surface area contributed by atoms with Crippen molar-refractivity contribution in [2.24, 2.45) is 0 Å². The lowest BCUT2D eigenvalue weighted by Gasteiger charge is -2.16. The maximum atomic E-state index is 14.4. The van der Waals surface area contributed by atoms with E-state index in [1.54, 1.807) is 4.57 Å². The average molecular weight is 333 g/mol. The van der Waals surface area contributed by atoms with Crippen molar-refractivity contribution in [3.63, 3.8) is 0 Å². The second-order valence-electron chi connectivity index (χ2n) is 5.24. The summed E-state index contributed by atoms with van der Waals surface area (Å²) in [5.74, 6) is -5.22. The predicted octanol–water partition coefficient (Wildman–Crippen LogP) is 1.72. The first-order valence-corrected chi connectivity index (χ1v) is 7.13. The molecule has 1 amide bonds. The largest absolute Gasteiger partial charge is 0.372 e. The van der Waals surface area contributed by atoms with E-state index in [4.69, 9.17) is 4.74 Å². The zero-order valence-electron chi connectivity index (χ0n) is 12.7. The highest BCUT2D eigenvalue weighted by Crippen LogP contribution is 2.31. The number of nitriles is 1. The van der Waals surface area contributed by atoms with Crippen LogP contribution in [-0.4, -0.2) is 27.0 Å². The average Bonchev–Trinajstić information content (AvgIpc) is 2.92. The highest BCUT2D eigenvalue weighted by molar-refractivity contribution is 5.96. The van der Waals surface area contributed by atoms with Gasteiger partial charge in [-0.15, -0.1) is 0 Å². The molecule has 0 fully saturated rings. The maximum absolute atomic E-state index is 14.4. The van der Waals surface area contributed by atoms with Gasteiger partial charge in [-0.3, -0.25) is 9.78 Å². The number of anilines is 1. The molecule has 0 atom stereocenters. The van der Waals surface area contributed by atoms with Gasteiger partial charge < -0.3 is 14.6 Å². The molecular formula is C15H13F2N5O2. The van der Waals surface area contributed by atoms with Gasteiger partial charge in [0.25, 0.3) is 0 Å². The minimum atomic E-state index is -3.85. The molecule has 0 aliphatic carbocycles. The summed E-state index contributed by atoms with van der Waals surface area (Å²) in [5.41, 5.74) is -0.417. The summed E-state index contributed by atoms with van der Waals surface area (Å²) in [6.45, 7) is 2.35. The van der Waals surface area contributed by atoms with Crippen LogP contribution in [-0.2, 0) is 28.6 Å². The molecule has 124 valence electrons. The summed E-state index contributed by atoms with van der Waals surface area (Å²) in [4.78, 5) is 19.7. The van der Waals surface area contributed by atoms with E-state index in [0.717, 1.165) is 0 Å². The lowest BCUT2D eigenvalue weighted by molar-refractivity contribution is -0.141. The summed E-state index contributed by atoms with van der Waals surface area (Å²) in [6.07, 6.45) is 1.19. The number of rotatable bonds is 3. The lowest BCUT2D eigenvalue weighted by Crippen LogP contribution is -2.34. The number of carbonyl (C=O) groups excluding carboxylic acids is 1.